The molecule has 0 fully saturated rings. The van der Waals surface area contributed by atoms with Crippen LogP contribution in [0.3, 0.4) is 0 Å². The topological polar surface area (TPSA) is 64.7 Å². The van der Waals surface area contributed by atoms with Crippen molar-refractivity contribution in [3.8, 4) is 0 Å². The maximum atomic E-state index is 12.2. The first-order valence-corrected chi connectivity index (χ1v) is 7.39. The van der Waals surface area contributed by atoms with Gasteiger partial charge in [-0.25, -0.2) is 0 Å². The Kier molecular flexibility index (Phi) is 5.01. The van der Waals surface area contributed by atoms with Gasteiger partial charge < -0.3 is 5.32 Å². The largest absolute Gasteiger partial charge is 0.348 e. The van der Waals surface area contributed by atoms with E-state index in [-0.39, 0.29) is 17.9 Å². The summed E-state index contributed by atoms with van der Waals surface area (Å²) in [7, 11) is 0. The molecule has 2 atom stereocenters. The summed E-state index contributed by atoms with van der Waals surface area (Å²) in [6, 6.07) is 1.81. The third-order valence-electron chi connectivity index (χ3n) is 3.30. The van der Waals surface area contributed by atoms with Gasteiger partial charge in [0.25, 0.3) is 0 Å². The van der Waals surface area contributed by atoms with Crippen molar-refractivity contribution in [2.24, 2.45) is 5.92 Å². The van der Waals surface area contributed by atoms with Gasteiger partial charge >= 0.3 is 0 Å². The first-order chi connectivity index (χ1) is 9.99. The Balaban J connectivity index is 1.90. The Morgan fingerprint density at radius 2 is 2.19 bits per heavy atom. The Bertz CT molecular complexity index is 606. The number of rotatable bonds is 6. The van der Waals surface area contributed by atoms with Crippen LogP contribution in [0.2, 0.25) is 5.02 Å². The minimum absolute atomic E-state index is 0.0276. The molecule has 0 saturated heterocycles. The van der Waals surface area contributed by atoms with Gasteiger partial charge in [-0.2, -0.15) is 10.2 Å². The van der Waals surface area contributed by atoms with Crippen LogP contribution < -0.4 is 5.32 Å². The fraction of sp³-hybridized carbons (Fsp3) is 0.500. The molecular formula is C14H20ClN5O. The van der Waals surface area contributed by atoms with E-state index in [1.54, 1.807) is 17.1 Å². The second-order valence-electron chi connectivity index (χ2n) is 5.11. The lowest BCUT2D eigenvalue weighted by molar-refractivity contribution is -0.125. The molecule has 2 unspecified atom stereocenters. The van der Waals surface area contributed by atoms with E-state index in [1.165, 1.54) is 0 Å². The molecule has 114 valence electrons. The highest BCUT2D eigenvalue weighted by Gasteiger charge is 2.18. The van der Waals surface area contributed by atoms with E-state index in [0.29, 0.717) is 11.6 Å². The first kappa shape index (κ1) is 15.6. The highest BCUT2D eigenvalue weighted by atomic mass is 35.5. The predicted molar refractivity (Wildman–Crippen MR) is 80.9 cm³/mol. The number of aryl methyl sites for hydroxylation is 1. The average Bonchev–Trinajstić information content (AvgIpc) is 3.07. The minimum atomic E-state index is -0.198. The summed E-state index contributed by atoms with van der Waals surface area (Å²) in [6.07, 6.45) is 5.18. The van der Waals surface area contributed by atoms with Gasteiger partial charge in [0.2, 0.25) is 5.91 Å². The average molecular weight is 310 g/mol. The number of amides is 1. The number of hydrogen-bond acceptors (Lipinski definition) is 3. The van der Waals surface area contributed by atoms with Gasteiger partial charge in [0.05, 0.1) is 35.4 Å². The normalized spacial score (nSPS) is 13.9. The summed E-state index contributed by atoms with van der Waals surface area (Å²) in [5, 5.41) is 12.0. The smallest absolute Gasteiger partial charge is 0.225 e. The minimum Gasteiger partial charge on any atom is -0.348 e. The molecule has 0 radical (unpaired) electrons. The number of aromatic nitrogens is 4. The van der Waals surface area contributed by atoms with Gasteiger partial charge in [-0.3, -0.25) is 14.2 Å². The molecule has 0 saturated carbocycles. The summed E-state index contributed by atoms with van der Waals surface area (Å²) in [5.74, 6) is -0.225. The maximum absolute atomic E-state index is 12.2. The zero-order chi connectivity index (χ0) is 15.4. The van der Waals surface area contributed by atoms with Gasteiger partial charge in [0.1, 0.15) is 0 Å². The van der Waals surface area contributed by atoms with Crippen molar-refractivity contribution in [1.29, 1.82) is 0 Å². The Hall–Kier alpha value is -1.82. The number of hydrogen-bond donors (Lipinski definition) is 1. The van der Waals surface area contributed by atoms with Crippen LogP contribution in [0.1, 0.15) is 32.5 Å². The Labute approximate surface area is 129 Å². The van der Waals surface area contributed by atoms with Crippen molar-refractivity contribution in [3.63, 3.8) is 0 Å². The van der Waals surface area contributed by atoms with E-state index in [9.17, 15) is 4.79 Å². The highest BCUT2D eigenvalue weighted by Crippen LogP contribution is 2.12. The van der Waals surface area contributed by atoms with E-state index in [4.69, 9.17) is 11.6 Å². The van der Waals surface area contributed by atoms with E-state index in [0.717, 1.165) is 12.2 Å². The van der Waals surface area contributed by atoms with Crippen LogP contribution in [-0.4, -0.2) is 25.5 Å². The van der Waals surface area contributed by atoms with Gasteiger partial charge in [-0.1, -0.05) is 18.5 Å². The van der Waals surface area contributed by atoms with Crippen molar-refractivity contribution >= 4 is 17.5 Å². The van der Waals surface area contributed by atoms with Crippen LogP contribution in [0.4, 0.5) is 0 Å². The quantitative estimate of drug-likeness (QED) is 0.890. The number of nitrogens with zero attached hydrogens (tertiary/aromatic N) is 4. The molecule has 0 aromatic carbocycles. The number of halogens is 1. The van der Waals surface area contributed by atoms with Crippen LogP contribution in [0.25, 0.3) is 0 Å². The summed E-state index contributed by atoms with van der Waals surface area (Å²) in [5.41, 5.74) is 0.861. The number of nitrogens with one attached hydrogen (secondary N) is 1. The van der Waals surface area contributed by atoms with Crippen LogP contribution in [0.15, 0.2) is 24.7 Å². The lowest BCUT2D eigenvalue weighted by Gasteiger charge is -2.16. The molecule has 2 rings (SSSR count). The molecule has 0 spiro atoms. The second-order valence-corrected chi connectivity index (χ2v) is 5.54. The molecule has 0 bridgehead atoms. The third kappa shape index (κ3) is 4.07. The summed E-state index contributed by atoms with van der Waals surface area (Å²) >= 11 is 5.81. The van der Waals surface area contributed by atoms with Crippen molar-refractivity contribution in [2.45, 2.75) is 39.9 Å². The highest BCUT2D eigenvalue weighted by molar-refractivity contribution is 6.30. The lowest BCUT2D eigenvalue weighted by Crippen LogP contribution is -2.33. The third-order valence-corrected chi connectivity index (χ3v) is 3.49. The van der Waals surface area contributed by atoms with E-state index in [1.807, 2.05) is 37.7 Å². The molecule has 2 aromatic rings. The summed E-state index contributed by atoms with van der Waals surface area (Å²) < 4.78 is 3.51. The zero-order valence-corrected chi connectivity index (χ0v) is 13.2. The fourth-order valence-corrected chi connectivity index (χ4v) is 2.17. The molecule has 1 amide bonds. The molecule has 0 aliphatic rings. The van der Waals surface area contributed by atoms with Crippen molar-refractivity contribution in [2.75, 3.05) is 0 Å². The van der Waals surface area contributed by atoms with E-state index < -0.39 is 0 Å². The molecule has 1 N–H and O–H groups in total. The van der Waals surface area contributed by atoms with Crippen LogP contribution in [0.5, 0.6) is 0 Å². The second kappa shape index (κ2) is 6.76. The first-order valence-electron chi connectivity index (χ1n) is 7.01. The lowest BCUT2D eigenvalue weighted by atomic mass is 10.1. The van der Waals surface area contributed by atoms with Crippen LogP contribution in [0, 0.1) is 5.92 Å². The standard InChI is InChI=1S/C14H20ClN5O/c1-4-19-6-5-13(18-19)11(3)17-14(21)10(2)8-20-9-12(15)7-16-20/h5-7,9-11H,4,8H2,1-3H3,(H,17,21). The van der Waals surface area contributed by atoms with Gasteiger partial charge in [-0.15, -0.1) is 0 Å². The molecule has 0 aliphatic heterocycles. The molecular weight excluding hydrogens is 290 g/mol. The Morgan fingerprint density at radius 3 is 2.76 bits per heavy atom. The summed E-state index contributed by atoms with van der Waals surface area (Å²) in [4.78, 5) is 12.2. The zero-order valence-electron chi connectivity index (χ0n) is 12.5. The fourth-order valence-electron chi connectivity index (χ4n) is 2.02. The van der Waals surface area contributed by atoms with Crippen LogP contribution >= 0.6 is 11.6 Å². The Morgan fingerprint density at radius 1 is 1.43 bits per heavy atom. The molecule has 21 heavy (non-hydrogen) atoms. The van der Waals surface area contributed by atoms with Gasteiger partial charge in [-0.05, 0) is 19.9 Å². The van der Waals surface area contributed by atoms with Crippen molar-refractivity contribution < 1.29 is 4.79 Å². The SMILES string of the molecule is CCn1ccc(C(C)NC(=O)C(C)Cn2cc(Cl)cn2)n1. The monoisotopic (exact) mass is 309 g/mol. The van der Waals surface area contributed by atoms with Gasteiger partial charge in [0, 0.05) is 18.9 Å². The molecule has 6 nitrogen and oxygen atoms in total. The molecule has 7 heteroatoms. The molecule has 2 aromatic heterocycles. The van der Waals surface area contributed by atoms with Gasteiger partial charge in [0.15, 0.2) is 0 Å². The van der Waals surface area contributed by atoms with E-state index >= 15 is 0 Å². The van der Waals surface area contributed by atoms with Crippen molar-refractivity contribution in [3.05, 3.63) is 35.4 Å². The number of carbonyl (C=O) groups is 1. The molecule has 0 aliphatic carbocycles. The maximum Gasteiger partial charge on any atom is 0.225 e. The van der Waals surface area contributed by atoms with E-state index in [2.05, 4.69) is 15.5 Å². The number of carbonyl (C=O) groups excluding carboxylic acids is 1. The molecule has 2 heterocycles. The van der Waals surface area contributed by atoms with Crippen molar-refractivity contribution in [1.82, 2.24) is 24.9 Å². The van der Waals surface area contributed by atoms with Crippen LogP contribution in [-0.2, 0) is 17.9 Å². The summed E-state index contributed by atoms with van der Waals surface area (Å²) in [6.45, 7) is 7.13. The predicted octanol–water partition coefficient (Wildman–Crippen LogP) is 2.27.